The lowest BCUT2D eigenvalue weighted by Gasteiger charge is -2.39. The van der Waals surface area contributed by atoms with E-state index in [-0.39, 0.29) is 22.8 Å². The number of rotatable bonds is 10. The molecule has 2 rings (SSSR count). The molecule has 0 saturated carbocycles. The minimum atomic E-state index is -1.71. The molecule has 1 aromatic carbocycles. The first kappa shape index (κ1) is 26.3. The van der Waals surface area contributed by atoms with E-state index in [0.717, 1.165) is 45.3 Å². The summed E-state index contributed by atoms with van der Waals surface area (Å²) in [6.07, 6.45) is 6.66. The van der Waals surface area contributed by atoms with Crippen molar-refractivity contribution in [3.63, 3.8) is 0 Å². The van der Waals surface area contributed by atoms with Gasteiger partial charge >= 0.3 is 0 Å². The van der Waals surface area contributed by atoms with Crippen molar-refractivity contribution in [3.05, 3.63) is 33.4 Å². The minimum Gasteiger partial charge on any atom is -0.416 e. The average Bonchev–Trinajstić information content (AvgIpc) is 2.66. The molecule has 0 aromatic heterocycles. The Labute approximate surface area is 199 Å². The number of hydrogen-bond donors (Lipinski definition) is 0. The molecule has 1 heterocycles. The summed E-state index contributed by atoms with van der Waals surface area (Å²) in [6.45, 7) is 17.9. The molecule has 2 unspecified atom stereocenters. The molecule has 30 heavy (non-hydrogen) atoms. The molecule has 1 aromatic rings. The Morgan fingerprint density at radius 3 is 2.50 bits per heavy atom. The lowest BCUT2D eigenvalue weighted by atomic mass is 9.87. The molecule has 172 valence electrons. The first-order valence-electron chi connectivity index (χ1n) is 11.6. The maximum atomic E-state index is 6.52. The van der Waals surface area contributed by atoms with Crippen LogP contribution in [-0.2, 0) is 13.9 Å². The third-order valence-electron chi connectivity index (χ3n) is 6.62. The van der Waals surface area contributed by atoms with Gasteiger partial charge in [-0.15, -0.1) is 0 Å². The Balaban J connectivity index is 1.93. The zero-order chi connectivity index (χ0) is 22.4. The van der Waals surface area contributed by atoms with Crippen molar-refractivity contribution in [2.24, 2.45) is 5.41 Å². The zero-order valence-corrected chi connectivity index (χ0v) is 23.4. The largest absolute Gasteiger partial charge is 0.416 e. The maximum Gasteiger partial charge on any atom is 0.192 e. The van der Waals surface area contributed by atoms with Crippen LogP contribution in [0.15, 0.2) is 24.3 Å². The second-order valence-corrected chi connectivity index (χ2v) is 17.1. The zero-order valence-electron chi connectivity index (χ0n) is 20.2. The predicted molar refractivity (Wildman–Crippen MR) is 137 cm³/mol. The van der Waals surface area contributed by atoms with Gasteiger partial charge in [-0.05, 0) is 102 Å². The van der Waals surface area contributed by atoms with E-state index in [4.69, 9.17) is 13.9 Å². The van der Waals surface area contributed by atoms with E-state index in [1.54, 1.807) is 0 Å². The highest BCUT2D eigenvalue weighted by atomic mass is 127. The molecule has 1 saturated heterocycles. The molecule has 3 nitrogen and oxygen atoms in total. The summed E-state index contributed by atoms with van der Waals surface area (Å²) in [5.74, 6) is 0. The molecule has 0 spiro atoms. The van der Waals surface area contributed by atoms with Crippen molar-refractivity contribution in [1.29, 1.82) is 0 Å². The Morgan fingerprint density at radius 2 is 1.90 bits per heavy atom. The maximum absolute atomic E-state index is 6.52. The first-order chi connectivity index (χ1) is 13.9. The van der Waals surface area contributed by atoms with Gasteiger partial charge in [-0.25, -0.2) is 0 Å². The summed E-state index contributed by atoms with van der Waals surface area (Å²) >= 11 is 2.39. The van der Waals surface area contributed by atoms with E-state index < -0.39 is 8.32 Å². The van der Waals surface area contributed by atoms with E-state index in [1.807, 2.05) is 0 Å². The fourth-order valence-electron chi connectivity index (χ4n) is 3.45. The van der Waals surface area contributed by atoms with E-state index in [9.17, 15) is 0 Å². The molecule has 1 fully saturated rings. The summed E-state index contributed by atoms with van der Waals surface area (Å²) in [4.78, 5) is 0. The van der Waals surface area contributed by atoms with Gasteiger partial charge < -0.3 is 13.9 Å². The summed E-state index contributed by atoms with van der Waals surface area (Å²) in [5.41, 5.74) is 1.44. The third-order valence-corrected chi connectivity index (χ3v) is 11.8. The van der Waals surface area contributed by atoms with Crippen LogP contribution in [0.5, 0.6) is 0 Å². The van der Waals surface area contributed by atoms with Crippen LogP contribution < -0.4 is 0 Å². The SMILES string of the molecule is CC(C)(CCCC(OC1CCCCO1)c1cccc(I)c1)CO[Si](C)(C)C(C)(C)C. The minimum absolute atomic E-state index is 0.0588. The van der Waals surface area contributed by atoms with Gasteiger partial charge in [-0.3, -0.25) is 0 Å². The van der Waals surface area contributed by atoms with Crippen LogP contribution in [0.2, 0.25) is 18.1 Å². The highest BCUT2D eigenvalue weighted by Crippen LogP contribution is 2.38. The molecule has 0 radical (unpaired) electrons. The predicted octanol–water partition coefficient (Wildman–Crippen LogP) is 8.09. The monoisotopic (exact) mass is 546 g/mol. The van der Waals surface area contributed by atoms with Crippen molar-refractivity contribution in [1.82, 2.24) is 0 Å². The van der Waals surface area contributed by atoms with E-state index >= 15 is 0 Å². The number of halogens is 1. The van der Waals surface area contributed by atoms with Crippen LogP contribution in [0.3, 0.4) is 0 Å². The van der Waals surface area contributed by atoms with Gasteiger partial charge in [-0.1, -0.05) is 46.8 Å². The van der Waals surface area contributed by atoms with E-state index in [0.29, 0.717) is 0 Å². The van der Waals surface area contributed by atoms with Crippen molar-refractivity contribution in [2.75, 3.05) is 13.2 Å². The van der Waals surface area contributed by atoms with E-state index in [1.165, 1.54) is 15.6 Å². The Morgan fingerprint density at radius 1 is 1.17 bits per heavy atom. The van der Waals surface area contributed by atoms with Crippen LogP contribution in [-0.4, -0.2) is 27.8 Å². The summed E-state index contributed by atoms with van der Waals surface area (Å²) < 4.78 is 20.1. The molecule has 2 atom stereocenters. The molecular formula is C25H43IO3Si. The fourth-order valence-corrected chi connectivity index (χ4v) is 5.20. The lowest BCUT2D eigenvalue weighted by molar-refractivity contribution is -0.191. The van der Waals surface area contributed by atoms with Gasteiger partial charge in [0.2, 0.25) is 0 Å². The number of ether oxygens (including phenoxy) is 2. The molecule has 5 heteroatoms. The smallest absolute Gasteiger partial charge is 0.192 e. The van der Waals surface area contributed by atoms with Gasteiger partial charge in [-0.2, -0.15) is 0 Å². The lowest BCUT2D eigenvalue weighted by Crippen LogP contribution is -2.43. The molecule has 0 bridgehead atoms. The Hall–Kier alpha value is 0.0469. The van der Waals surface area contributed by atoms with Crippen LogP contribution in [0.1, 0.15) is 84.8 Å². The molecule has 0 aliphatic carbocycles. The third kappa shape index (κ3) is 8.53. The van der Waals surface area contributed by atoms with Crippen molar-refractivity contribution < 1.29 is 13.9 Å². The normalized spacial score (nSPS) is 19.7. The van der Waals surface area contributed by atoms with Gasteiger partial charge in [0, 0.05) is 16.8 Å². The van der Waals surface area contributed by atoms with Crippen LogP contribution in [0.4, 0.5) is 0 Å². The van der Waals surface area contributed by atoms with Crippen molar-refractivity contribution in [2.45, 2.75) is 104 Å². The highest BCUT2D eigenvalue weighted by Gasteiger charge is 2.38. The number of benzene rings is 1. The van der Waals surface area contributed by atoms with E-state index in [2.05, 4.69) is 94.6 Å². The molecule has 1 aliphatic rings. The second kappa shape index (κ2) is 11.3. The first-order valence-corrected chi connectivity index (χ1v) is 15.5. The number of hydrogen-bond acceptors (Lipinski definition) is 3. The van der Waals surface area contributed by atoms with Crippen LogP contribution in [0.25, 0.3) is 0 Å². The average molecular weight is 547 g/mol. The van der Waals surface area contributed by atoms with Gasteiger partial charge in [0.25, 0.3) is 0 Å². The van der Waals surface area contributed by atoms with Gasteiger partial charge in [0.1, 0.15) is 0 Å². The molecule has 1 aliphatic heterocycles. The van der Waals surface area contributed by atoms with Gasteiger partial charge in [0.05, 0.1) is 6.10 Å². The Bertz CT molecular complexity index is 648. The summed E-state index contributed by atoms with van der Waals surface area (Å²) in [6, 6.07) is 8.72. The quantitative estimate of drug-likeness (QED) is 0.219. The standard InChI is InChI=1S/C25H43IO3Si/c1-24(2,3)30(6,7)28-19-25(4,5)16-11-14-22(20-12-10-13-21(26)18-20)29-23-15-8-9-17-27-23/h10,12-13,18,22-23H,8-9,11,14-17,19H2,1-7H3. The summed E-state index contributed by atoms with van der Waals surface area (Å²) in [7, 11) is -1.71. The molecule has 0 N–H and O–H groups in total. The highest BCUT2D eigenvalue weighted by molar-refractivity contribution is 14.1. The summed E-state index contributed by atoms with van der Waals surface area (Å²) in [5, 5.41) is 0.256. The van der Waals surface area contributed by atoms with Gasteiger partial charge in [0.15, 0.2) is 14.6 Å². The van der Waals surface area contributed by atoms with Crippen LogP contribution >= 0.6 is 22.6 Å². The van der Waals surface area contributed by atoms with Crippen molar-refractivity contribution >= 4 is 30.9 Å². The second-order valence-electron chi connectivity index (χ2n) is 11.1. The molecule has 0 amide bonds. The fraction of sp³-hybridized carbons (Fsp3) is 0.760. The molecular weight excluding hydrogens is 503 g/mol. The van der Waals surface area contributed by atoms with Crippen molar-refractivity contribution in [3.8, 4) is 0 Å². The van der Waals surface area contributed by atoms with Crippen LogP contribution in [0, 0.1) is 8.99 Å². The Kier molecular flexibility index (Phi) is 9.87. The topological polar surface area (TPSA) is 27.7 Å².